The molecule has 1 heterocycles. The molecule has 0 aliphatic carbocycles. The smallest absolute Gasteiger partial charge is 0.212 e. The van der Waals surface area contributed by atoms with Crippen molar-refractivity contribution in [3.05, 3.63) is 53.9 Å². The quantitative estimate of drug-likeness (QED) is 0.790. The highest BCUT2D eigenvalue weighted by atomic mass is 19.1. The lowest BCUT2D eigenvalue weighted by atomic mass is 10.1. The van der Waals surface area contributed by atoms with Crippen LogP contribution in [0.25, 0.3) is 11.1 Å². The minimum atomic E-state index is -0.573. The number of aliphatic hydroxyl groups excluding tert-OH is 1. The number of hydrogen-bond acceptors (Lipinski definition) is 2. The van der Waals surface area contributed by atoms with Crippen LogP contribution in [0.3, 0.4) is 0 Å². The van der Waals surface area contributed by atoms with Crippen LogP contribution in [0.15, 0.2) is 36.5 Å². The van der Waals surface area contributed by atoms with Crippen LogP contribution in [-0.2, 0) is 6.61 Å². The van der Waals surface area contributed by atoms with Gasteiger partial charge in [0.1, 0.15) is 5.82 Å². The summed E-state index contributed by atoms with van der Waals surface area (Å²) in [7, 11) is 0. The number of rotatable bonds is 2. The summed E-state index contributed by atoms with van der Waals surface area (Å²) in [6.07, 6.45) is 1.34. The average molecular weight is 221 g/mol. The molecule has 2 rings (SSSR count). The zero-order valence-electron chi connectivity index (χ0n) is 8.32. The molecule has 1 N–H and O–H groups in total. The first-order valence-electron chi connectivity index (χ1n) is 4.72. The first kappa shape index (κ1) is 10.7. The summed E-state index contributed by atoms with van der Waals surface area (Å²) in [5, 5.41) is 8.81. The Morgan fingerprint density at radius 1 is 1.06 bits per heavy atom. The highest BCUT2D eigenvalue weighted by molar-refractivity contribution is 5.62. The Kier molecular flexibility index (Phi) is 2.92. The molecule has 0 bridgehead atoms. The van der Waals surface area contributed by atoms with Gasteiger partial charge >= 0.3 is 0 Å². The van der Waals surface area contributed by atoms with E-state index >= 15 is 0 Å². The third-order valence-corrected chi connectivity index (χ3v) is 2.28. The van der Waals surface area contributed by atoms with Gasteiger partial charge in [0.05, 0.1) is 6.61 Å². The van der Waals surface area contributed by atoms with Crippen molar-refractivity contribution in [2.45, 2.75) is 6.61 Å². The Morgan fingerprint density at radius 2 is 1.81 bits per heavy atom. The molecule has 0 fully saturated rings. The van der Waals surface area contributed by atoms with Gasteiger partial charge < -0.3 is 5.11 Å². The molecule has 0 atom stereocenters. The third-order valence-electron chi connectivity index (χ3n) is 2.28. The number of halogens is 2. The van der Waals surface area contributed by atoms with E-state index in [2.05, 4.69) is 4.98 Å². The molecule has 0 aliphatic heterocycles. The maximum absolute atomic E-state index is 13.4. The Hall–Kier alpha value is -1.81. The fraction of sp³-hybridized carbons (Fsp3) is 0.0833. The highest BCUT2D eigenvalue weighted by Gasteiger charge is 2.04. The predicted octanol–water partition coefficient (Wildman–Crippen LogP) is 2.52. The first-order chi connectivity index (χ1) is 7.70. The summed E-state index contributed by atoms with van der Waals surface area (Å²) in [5.74, 6) is -1.06. The van der Waals surface area contributed by atoms with Crippen molar-refractivity contribution in [2.75, 3.05) is 0 Å². The average Bonchev–Trinajstić information content (AvgIpc) is 2.30. The summed E-state index contributed by atoms with van der Waals surface area (Å²) in [4.78, 5) is 3.49. The van der Waals surface area contributed by atoms with Crippen molar-refractivity contribution in [2.24, 2.45) is 0 Å². The Balaban J connectivity index is 2.41. The Morgan fingerprint density at radius 3 is 2.38 bits per heavy atom. The molecule has 1 aromatic heterocycles. The fourth-order valence-corrected chi connectivity index (χ4v) is 1.40. The van der Waals surface area contributed by atoms with E-state index in [0.29, 0.717) is 11.1 Å². The van der Waals surface area contributed by atoms with E-state index < -0.39 is 11.8 Å². The summed E-state index contributed by atoms with van der Waals surface area (Å²) in [5.41, 5.74) is 1.46. The molecule has 4 heteroatoms. The zero-order valence-corrected chi connectivity index (χ0v) is 8.32. The van der Waals surface area contributed by atoms with Crippen LogP contribution in [0.2, 0.25) is 0 Å². The molecule has 82 valence electrons. The fourth-order valence-electron chi connectivity index (χ4n) is 1.40. The monoisotopic (exact) mass is 221 g/mol. The van der Waals surface area contributed by atoms with Gasteiger partial charge in [0.25, 0.3) is 0 Å². The number of nitrogens with zero attached hydrogens (tertiary/aromatic N) is 1. The number of hydrogen-bond donors (Lipinski definition) is 1. The molecular weight excluding hydrogens is 212 g/mol. The van der Waals surface area contributed by atoms with Gasteiger partial charge in [-0.25, -0.2) is 9.37 Å². The summed E-state index contributed by atoms with van der Waals surface area (Å²) in [6.45, 7) is -0.340. The molecule has 0 radical (unpaired) electrons. The van der Waals surface area contributed by atoms with Crippen molar-refractivity contribution >= 4 is 0 Å². The molecule has 0 saturated carbocycles. The second-order valence-electron chi connectivity index (χ2n) is 3.33. The maximum Gasteiger partial charge on any atom is 0.212 e. The van der Waals surface area contributed by atoms with E-state index in [-0.39, 0.29) is 12.2 Å². The van der Waals surface area contributed by atoms with Gasteiger partial charge in [-0.05, 0) is 23.8 Å². The van der Waals surface area contributed by atoms with Gasteiger partial charge in [-0.15, -0.1) is 0 Å². The van der Waals surface area contributed by atoms with E-state index in [9.17, 15) is 8.78 Å². The van der Waals surface area contributed by atoms with Crippen LogP contribution in [-0.4, -0.2) is 10.1 Å². The zero-order chi connectivity index (χ0) is 11.5. The third kappa shape index (κ3) is 2.06. The lowest BCUT2D eigenvalue weighted by Gasteiger charge is -2.04. The van der Waals surface area contributed by atoms with Crippen molar-refractivity contribution in [1.82, 2.24) is 4.98 Å². The van der Waals surface area contributed by atoms with Crippen LogP contribution >= 0.6 is 0 Å². The van der Waals surface area contributed by atoms with Crippen molar-refractivity contribution < 1.29 is 13.9 Å². The van der Waals surface area contributed by atoms with Crippen molar-refractivity contribution in [1.29, 1.82) is 0 Å². The van der Waals surface area contributed by atoms with E-state index in [1.54, 1.807) is 6.07 Å². The van der Waals surface area contributed by atoms with Crippen LogP contribution in [0, 0.1) is 11.8 Å². The second kappa shape index (κ2) is 4.37. The second-order valence-corrected chi connectivity index (χ2v) is 3.33. The number of aliphatic hydroxyl groups is 1. The SMILES string of the molecule is OCc1ccc(-c2ccc(F)nc2)cc1F. The number of pyridine rings is 1. The molecule has 0 aliphatic rings. The van der Waals surface area contributed by atoms with Crippen molar-refractivity contribution in [3.63, 3.8) is 0 Å². The standard InChI is InChI=1S/C12H9F2NO/c13-11-5-8(1-2-10(11)7-16)9-3-4-12(14)15-6-9/h1-6,16H,7H2. The van der Waals surface area contributed by atoms with E-state index in [1.807, 2.05) is 0 Å². The molecule has 1 aromatic carbocycles. The van der Waals surface area contributed by atoms with E-state index in [1.165, 1.54) is 30.5 Å². The summed E-state index contributed by atoms with van der Waals surface area (Å²) < 4.78 is 25.9. The molecule has 0 spiro atoms. The minimum absolute atomic E-state index is 0.235. The van der Waals surface area contributed by atoms with E-state index in [0.717, 1.165) is 0 Å². The Bertz CT molecular complexity index is 497. The molecule has 2 nitrogen and oxygen atoms in total. The predicted molar refractivity (Wildman–Crippen MR) is 55.5 cm³/mol. The first-order valence-corrected chi connectivity index (χ1v) is 4.72. The van der Waals surface area contributed by atoms with Crippen LogP contribution in [0.4, 0.5) is 8.78 Å². The molecule has 16 heavy (non-hydrogen) atoms. The normalized spacial score (nSPS) is 10.4. The largest absolute Gasteiger partial charge is 0.392 e. The van der Waals surface area contributed by atoms with Crippen LogP contribution in [0.5, 0.6) is 0 Å². The lowest BCUT2D eigenvalue weighted by Crippen LogP contribution is -1.91. The van der Waals surface area contributed by atoms with Crippen molar-refractivity contribution in [3.8, 4) is 11.1 Å². The summed E-state index contributed by atoms with van der Waals surface area (Å²) in [6, 6.07) is 7.18. The van der Waals surface area contributed by atoms with Gasteiger partial charge in [0, 0.05) is 17.3 Å². The van der Waals surface area contributed by atoms with Gasteiger partial charge in [0.2, 0.25) is 5.95 Å². The molecule has 0 amide bonds. The maximum atomic E-state index is 13.4. The number of aromatic nitrogens is 1. The number of benzene rings is 1. The molecule has 0 unspecified atom stereocenters. The van der Waals surface area contributed by atoms with Gasteiger partial charge in [-0.2, -0.15) is 4.39 Å². The lowest BCUT2D eigenvalue weighted by molar-refractivity contribution is 0.276. The molecular formula is C12H9F2NO. The minimum Gasteiger partial charge on any atom is -0.392 e. The molecule has 2 aromatic rings. The van der Waals surface area contributed by atoms with Gasteiger partial charge in [0.15, 0.2) is 0 Å². The topological polar surface area (TPSA) is 33.1 Å². The highest BCUT2D eigenvalue weighted by Crippen LogP contribution is 2.21. The Labute approximate surface area is 91.2 Å². The van der Waals surface area contributed by atoms with Gasteiger partial charge in [-0.3, -0.25) is 0 Å². The van der Waals surface area contributed by atoms with Gasteiger partial charge in [-0.1, -0.05) is 12.1 Å². The van der Waals surface area contributed by atoms with Crippen LogP contribution in [0.1, 0.15) is 5.56 Å². The summed E-state index contributed by atoms with van der Waals surface area (Å²) >= 11 is 0. The molecule has 0 saturated heterocycles. The van der Waals surface area contributed by atoms with Crippen LogP contribution < -0.4 is 0 Å². The van der Waals surface area contributed by atoms with E-state index in [4.69, 9.17) is 5.11 Å².